The summed E-state index contributed by atoms with van der Waals surface area (Å²) in [4.78, 5) is 25.3. The Morgan fingerprint density at radius 3 is 2.56 bits per heavy atom. The Hall–Kier alpha value is -2.12. The molecule has 1 fully saturated rings. The van der Waals surface area contributed by atoms with E-state index in [1.807, 2.05) is 31.2 Å². The van der Waals surface area contributed by atoms with E-state index in [0.717, 1.165) is 11.1 Å². The van der Waals surface area contributed by atoms with Gasteiger partial charge in [-0.2, -0.15) is 0 Å². The van der Waals surface area contributed by atoms with Crippen LogP contribution in [0.2, 0.25) is 0 Å². The van der Waals surface area contributed by atoms with Crippen LogP contribution >= 0.6 is 0 Å². The molecule has 0 spiro atoms. The molecule has 25 heavy (non-hydrogen) atoms. The fourth-order valence-corrected chi connectivity index (χ4v) is 2.82. The molecule has 1 heterocycles. The monoisotopic (exact) mass is 349 g/mol. The number of hydrogen-bond acceptors (Lipinski definition) is 4. The highest BCUT2D eigenvalue weighted by Gasteiger charge is 2.34. The summed E-state index contributed by atoms with van der Waals surface area (Å²) in [6.45, 7) is 4.27. The number of amides is 3. The molecule has 7 heteroatoms. The van der Waals surface area contributed by atoms with E-state index in [4.69, 9.17) is 4.74 Å². The van der Waals surface area contributed by atoms with E-state index >= 15 is 0 Å². The zero-order chi connectivity index (χ0) is 18.2. The maximum atomic E-state index is 12.3. The number of hydrogen-bond donors (Lipinski definition) is 3. The first-order valence-corrected chi connectivity index (χ1v) is 8.60. The lowest BCUT2D eigenvalue weighted by atomic mass is 10.0. The third-order valence-corrected chi connectivity index (χ3v) is 4.36. The normalized spacial score (nSPS) is 19.7. The number of carbonyl (C=O) groups is 2. The van der Waals surface area contributed by atoms with Gasteiger partial charge in [-0.3, -0.25) is 4.79 Å². The smallest absolute Gasteiger partial charge is 0.317 e. The molecule has 0 aliphatic carbocycles. The van der Waals surface area contributed by atoms with Crippen LogP contribution in [0.25, 0.3) is 0 Å². The molecule has 7 nitrogen and oxygen atoms in total. The molecule has 3 amide bonds. The summed E-state index contributed by atoms with van der Waals surface area (Å²) in [5, 5.41) is 15.4. The first kappa shape index (κ1) is 19.2. The second-order valence-corrected chi connectivity index (χ2v) is 6.22. The van der Waals surface area contributed by atoms with Crippen LogP contribution in [0.15, 0.2) is 24.3 Å². The van der Waals surface area contributed by atoms with E-state index in [9.17, 15) is 14.7 Å². The molecular weight excluding hydrogens is 322 g/mol. The maximum absolute atomic E-state index is 12.3. The number of nitrogens with one attached hydrogen (secondary N) is 2. The minimum atomic E-state index is -0.666. The van der Waals surface area contributed by atoms with Crippen molar-refractivity contribution in [3.8, 4) is 0 Å². The summed E-state index contributed by atoms with van der Waals surface area (Å²) >= 11 is 0. The highest BCUT2D eigenvalue weighted by Crippen LogP contribution is 2.20. The van der Waals surface area contributed by atoms with Crippen LogP contribution in [-0.2, 0) is 22.7 Å². The average molecular weight is 349 g/mol. The summed E-state index contributed by atoms with van der Waals surface area (Å²) in [7, 11) is 1.56. The minimum Gasteiger partial charge on any atom is -0.391 e. The number of aliphatic hydroxyl groups is 1. The number of likely N-dealkylation sites (tertiary alicyclic amines) is 1. The van der Waals surface area contributed by atoms with Gasteiger partial charge in [-0.25, -0.2) is 4.79 Å². The summed E-state index contributed by atoms with van der Waals surface area (Å²) in [5.41, 5.74) is 2.09. The fourth-order valence-electron chi connectivity index (χ4n) is 2.82. The molecule has 1 aromatic carbocycles. The van der Waals surface area contributed by atoms with Crippen molar-refractivity contribution in [1.29, 1.82) is 0 Å². The zero-order valence-electron chi connectivity index (χ0n) is 14.8. The van der Waals surface area contributed by atoms with Gasteiger partial charge in [0, 0.05) is 45.6 Å². The molecule has 0 unspecified atom stereocenters. The van der Waals surface area contributed by atoms with E-state index in [1.165, 1.54) is 0 Å². The van der Waals surface area contributed by atoms with Gasteiger partial charge in [0.1, 0.15) is 0 Å². The lowest BCUT2D eigenvalue weighted by molar-refractivity contribution is -0.122. The van der Waals surface area contributed by atoms with E-state index in [1.54, 1.807) is 11.9 Å². The van der Waals surface area contributed by atoms with Gasteiger partial charge in [0.15, 0.2) is 0 Å². The molecular formula is C18H27N3O4. The Labute approximate surface area is 148 Å². The third kappa shape index (κ3) is 5.72. The van der Waals surface area contributed by atoms with Crippen LogP contribution in [0, 0.1) is 5.92 Å². The number of carbonyl (C=O) groups excluding carboxylic acids is 2. The van der Waals surface area contributed by atoms with Crippen LogP contribution in [-0.4, -0.2) is 54.8 Å². The van der Waals surface area contributed by atoms with Gasteiger partial charge < -0.3 is 25.4 Å². The predicted molar refractivity (Wildman–Crippen MR) is 93.8 cm³/mol. The van der Waals surface area contributed by atoms with Crippen molar-refractivity contribution >= 4 is 11.9 Å². The van der Waals surface area contributed by atoms with Gasteiger partial charge in [-0.15, -0.1) is 0 Å². The van der Waals surface area contributed by atoms with E-state index in [-0.39, 0.29) is 30.8 Å². The van der Waals surface area contributed by atoms with Crippen molar-refractivity contribution in [3.63, 3.8) is 0 Å². The summed E-state index contributed by atoms with van der Waals surface area (Å²) in [6.07, 6.45) is -0.441. The predicted octanol–water partition coefficient (Wildman–Crippen LogP) is 0.862. The summed E-state index contributed by atoms with van der Waals surface area (Å²) in [5.74, 6) is -0.345. The Morgan fingerprint density at radius 1 is 1.24 bits per heavy atom. The summed E-state index contributed by atoms with van der Waals surface area (Å²) in [6, 6.07) is 7.66. The first-order valence-electron chi connectivity index (χ1n) is 8.60. The highest BCUT2D eigenvalue weighted by molar-refractivity contribution is 5.77. The maximum Gasteiger partial charge on any atom is 0.317 e. The average Bonchev–Trinajstić information content (AvgIpc) is 2.99. The molecule has 1 saturated heterocycles. The van der Waals surface area contributed by atoms with Crippen LogP contribution in [0.4, 0.5) is 4.79 Å². The van der Waals surface area contributed by atoms with Crippen molar-refractivity contribution < 1.29 is 19.4 Å². The Bertz CT molecular complexity index is 576. The van der Waals surface area contributed by atoms with E-state index < -0.39 is 6.10 Å². The third-order valence-electron chi connectivity index (χ3n) is 4.36. The second-order valence-electron chi connectivity index (χ2n) is 6.22. The van der Waals surface area contributed by atoms with Crippen molar-refractivity contribution in [1.82, 2.24) is 15.5 Å². The van der Waals surface area contributed by atoms with Crippen LogP contribution in [0.1, 0.15) is 24.5 Å². The van der Waals surface area contributed by atoms with Gasteiger partial charge in [-0.1, -0.05) is 24.3 Å². The molecule has 1 aliphatic heterocycles. The molecule has 1 aliphatic rings. The quantitative estimate of drug-likeness (QED) is 0.681. The number of nitrogens with zero attached hydrogens (tertiary/aromatic N) is 1. The number of benzene rings is 1. The first-order chi connectivity index (χ1) is 12.0. The zero-order valence-corrected chi connectivity index (χ0v) is 14.8. The Morgan fingerprint density at radius 2 is 1.92 bits per heavy atom. The standard InChI is InChI=1S/C18H27N3O4/c1-3-25-12-14-6-4-13(5-7-14)9-20-18(24)21-10-15(16(22)11-21)8-17(23)19-2/h4-7,15-16,22H,3,8-12H2,1-2H3,(H,19,23)(H,20,24)/t15-,16-/m1/s1. The van der Waals surface area contributed by atoms with Gasteiger partial charge in [0.25, 0.3) is 0 Å². The fraction of sp³-hybridized carbons (Fsp3) is 0.556. The molecule has 2 atom stereocenters. The lowest BCUT2D eigenvalue weighted by Gasteiger charge is -2.17. The van der Waals surface area contributed by atoms with Gasteiger partial charge in [-0.05, 0) is 18.1 Å². The van der Waals surface area contributed by atoms with E-state index in [2.05, 4.69) is 10.6 Å². The largest absolute Gasteiger partial charge is 0.391 e. The van der Waals surface area contributed by atoms with Crippen molar-refractivity contribution in [2.75, 3.05) is 26.7 Å². The van der Waals surface area contributed by atoms with Crippen molar-refractivity contribution in [3.05, 3.63) is 35.4 Å². The SMILES string of the molecule is CCOCc1ccc(CNC(=O)N2C[C@@H](CC(=O)NC)[C@H](O)C2)cc1. The molecule has 0 bridgehead atoms. The van der Waals surface area contributed by atoms with Gasteiger partial charge in [0.05, 0.1) is 12.7 Å². The molecule has 1 aromatic rings. The topological polar surface area (TPSA) is 90.9 Å². The van der Waals surface area contributed by atoms with Crippen LogP contribution < -0.4 is 10.6 Å². The molecule has 2 rings (SSSR count). The number of aliphatic hydroxyl groups excluding tert-OH is 1. The van der Waals surface area contributed by atoms with Crippen molar-refractivity contribution in [2.24, 2.45) is 5.92 Å². The molecule has 0 radical (unpaired) electrons. The molecule has 0 saturated carbocycles. The second kappa shape index (κ2) is 9.39. The molecule has 3 N–H and O–H groups in total. The van der Waals surface area contributed by atoms with Crippen LogP contribution in [0.5, 0.6) is 0 Å². The number of urea groups is 1. The molecule has 138 valence electrons. The highest BCUT2D eigenvalue weighted by atomic mass is 16.5. The lowest BCUT2D eigenvalue weighted by Crippen LogP contribution is -2.38. The number of ether oxygens (including phenoxy) is 1. The number of β-amino-alcohol motifs (C(OH)–C–C–N with tert-alkyl or cyclic N) is 1. The van der Waals surface area contributed by atoms with E-state index in [0.29, 0.717) is 26.3 Å². The van der Waals surface area contributed by atoms with Crippen LogP contribution in [0.3, 0.4) is 0 Å². The Kier molecular flexibility index (Phi) is 7.21. The van der Waals surface area contributed by atoms with Crippen molar-refractivity contribution in [2.45, 2.75) is 32.6 Å². The van der Waals surface area contributed by atoms with Gasteiger partial charge in [0.2, 0.25) is 5.91 Å². The molecule has 0 aromatic heterocycles. The van der Waals surface area contributed by atoms with Gasteiger partial charge >= 0.3 is 6.03 Å². The minimum absolute atomic E-state index is 0.126. The summed E-state index contributed by atoms with van der Waals surface area (Å²) < 4.78 is 5.35. The Balaban J connectivity index is 1.79. The number of rotatable bonds is 7.